The summed E-state index contributed by atoms with van der Waals surface area (Å²) in [5.74, 6) is 0.0550. The number of rotatable bonds is 4. The topological polar surface area (TPSA) is 95.9 Å². The van der Waals surface area contributed by atoms with Gasteiger partial charge < -0.3 is 24.5 Å². The zero-order valence-corrected chi connectivity index (χ0v) is 19.8. The van der Waals surface area contributed by atoms with E-state index >= 15 is 0 Å². The van der Waals surface area contributed by atoms with Gasteiger partial charge in [0, 0.05) is 30.6 Å². The fourth-order valence-corrected chi connectivity index (χ4v) is 9.13. The first-order valence-electron chi connectivity index (χ1n) is 12.8. The van der Waals surface area contributed by atoms with E-state index in [0.717, 1.165) is 38.5 Å². The number of hydrogen-bond donors (Lipinski definition) is 1. The van der Waals surface area contributed by atoms with Crippen molar-refractivity contribution in [3.63, 3.8) is 0 Å². The maximum atomic E-state index is 13.8. The van der Waals surface area contributed by atoms with Crippen LogP contribution in [-0.2, 0) is 19.1 Å². The quantitative estimate of drug-likeness (QED) is 0.712. The third-order valence-electron chi connectivity index (χ3n) is 10.9. The van der Waals surface area contributed by atoms with Crippen molar-refractivity contribution in [2.45, 2.75) is 90.4 Å². The minimum absolute atomic E-state index is 0.0279. The molecule has 9 atom stereocenters. The van der Waals surface area contributed by atoms with Gasteiger partial charge in [0.15, 0.2) is 5.79 Å². The monoisotopic (exact) mass is 447 g/mol. The molecule has 1 heterocycles. The fourth-order valence-electron chi connectivity index (χ4n) is 9.13. The lowest BCUT2D eigenvalue weighted by molar-refractivity contribution is -0.306. The standard InChI is InChI=1S/C26H40O6/c1-15(4-7-22(29)30)17-5-6-18-23-19(13-21(28)25(17,18)3)24(2)8-9-26(31-10-11-32-26)14-16(24)12-20(23)27/h15-20,23,27H,4-14H2,1-3H3,(H,29,30)/p-1/t15-,16+,17+,18-,19-,20+,23+,24-,25+/m0/s1. The molecule has 1 saturated heterocycles. The second-order valence-electron chi connectivity index (χ2n) is 12.1. The van der Waals surface area contributed by atoms with Gasteiger partial charge in [0.25, 0.3) is 0 Å². The minimum atomic E-state index is -1.02. The summed E-state index contributed by atoms with van der Waals surface area (Å²) in [7, 11) is 0. The molecule has 0 bridgehead atoms. The van der Waals surface area contributed by atoms with Crippen LogP contribution in [0.2, 0.25) is 0 Å². The third kappa shape index (κ3) is 3.23. The zero-order chi connectivity index (χ0) is 22.9. The second-order valence-corrected chi connectivity index (χ2v) is 12.1. The van der Waals surface area contributed by atoms with E-state index in [1.54, 1.807) is 0 Å². The average molecular weight is 448 g/mol. The van der Waals surface area contributed by atoms with E-state index in [9.17, 15) is 19.8 Å². The van der Waals surface area contributed by atoms with E-state index in [0.29, 0.717) is 37.8 Å². The Morgan fingerprint density at radius 3 is 2.59 bits per heavy atom. The van der Waals surface area contributed by atoms with Crippen LogP contribution in [-0.4, -0.2) is 42.0 Å². The van der Waals surface area contributed by atoms with Crippen LogP contribution in [0.1, 0.15) is 78.6 Å². The van der Waals surface area contributed by atoms with Crippen LogP contribution in [0.25, 0.3) is 0 Å². The average Bonchev–Trinajstić information content (AvgIpc) is 3.34. The van der Waals surface area contributed by atoms with Gasteiger partial charge in [-0.2, -0.15) is 0 Å². The van der Waals surface area contributed by atoms with Gasteiger partial charge in [0.2, 0.25) is 0 Å². The number of fused-ring (bicyclic) bond motifs is 5. The molecule has 0 amide bonds. The van der Waals surface area contributed by atoms with Gasteiger partial charge in [-0.1, -0.05) is 20.8 Å². The van der Waals surface area contributed by atoms with Crippen molar-refractivity contribution in [1.82, 2.24) is 0 Å². The Kier molecular flexibility index (Phi) is 5.54. The van der Waals surface area contributed by atoms with Crippen LogP contribution < -0.4 is 5.11 Å². The van der Waals surface area contributed by atoms with Gasteiger partial charge >= 0.3 is 0 Å². The summed E-state index contributed by atoms with van der Waals surface area (Å²) in [6, 6.07) is 0. The maximum absolute atomic E-state index is 13.8. The third-order valence-corrected chi connectivity index (χ3v) is 10.9. The van der Waals surface area contributed by atoms with Crippen molar-refractivity contribution >= 4 is 11.8 Å². The number of hydrogen-bond acceptors (Lipinski definition) is 6. The first kappa shape index (κ1) is 22.8. The summed E-state index contributed by atoms with van der Waals surface area (Å²) >= 11 is 0. The molecule has 4 aliphatic carbocycles. The molecule has 1 N–H and O–H groups in total. The summed E-state index contributed by atoms with van der Waals surface area (Å²) in [5, 5.41) is 22.5. The Balaban J connectivity index is 1.40. The second kappa shape index (κ2) is 7.78. The molecule has 0 aromatic carbocycles. The maximum Gasteiger partial charge on any atom is 0.168 e. The molecule has 6 heteroatoms. The Morgan fingerprint density at radius 2 is 1.91 bits per heavy atom. The SMILES string of the molecule is C[C@@H](CCC(=O)[O-])[C@H]1CC[C@H]2[C@H]3[C@H](O)C[C@@H]4CC5(CC[C@]4(C)[C@H]3CC(=O)[C@]12C)OCCO5. The fraction of sp³-hybridized carbons (Fsp3) is 0.923. The molecule has 1 spiro atoms. The van der Waals surface area contributed by atoms with Crippen LogP contribution >= 0.6 is 0 Å². The zero-order valence-electron chi connectivity index (χ0n) is 19.8. The van der Waals surface area contributed by atoms with E-state index in [4.69, 9.17) is 9.47 Å². The highest BCUT2D eigenvalue weighted by molar-refractivity contribution is 5.87. The highest BCUT2D eigenvalue weighted by Crippen LogP contribution is 2.68. The van der Waals surface area contributed by atoms with E-state index in [1.807, 2.05) is 0 Å². The number of aliphatic hydroxyl groups excluding tert-OH is 1. The van der Waals surface area contributed by atoms with Crippen molar-refractivity contribution in [3.05, 3.63) is 0 Å². The smallest absolute Gasteiger partial charge is 0.168 e. The predicted molar refractivity (Wildman–Crippen MR) is 115 cm³/mol. The summed E-state index contributed by atoms with van der Waals surface area (Å²) in [6.07, 6.45) is 6.09. The number of aliphatic hydroxyl groups is 1. The first-order chi connectivity index (χ1) is 15.1. The number of carboxylic acids is 1. The lowest BCUT2D eigenvalue weighted by Crippen LogP contribution is -2.62. The van der Waals surface area contributed by atoms with Crippen LogP contribution in [0.15, 0.2) is 0 Å². The summed E-state index contributed by atoms with van der Waals surface area (Å²) in [5.41, 5.74) is -0.426. The summed E-state index contributed by atoms with van der Waals surface area (Å²) in [4.78, 5) is 24.8. The molecule has 0 aromatic heterocycles. The number of ketones is 1. The number of Topliss-reactive ketones (excluding diaryl/α,β-unsaturated/α-hetero) is 1. The molecule has 1 aliphatic heterocycles. The van der Waals surface area contributed by atoms with Crippen LogP contribution in [0.3, 0.4) is 0 Å². The molecule has 180 valence electrons. The number of carbonyl (C=O) groups is 2. The van der Waals surface area contributed by atoms with E-state index in [1.165, 1.54) is 0 Å². The van der Waals surface area contributed by atoms with Crippen molar-refractivity contribution in [2.24, 2.45) is 46.3 Å². The van der Waals surface area contributed by atoms with Crippen molar-refractivity contribution in [1.29, 1.82) is 0 Å². The largest absolute Gasteiger partial charge is 0.550 e. The number of carboxylic acid groups (broad SMARTS) is 1. The first-order valence-corrected chi connectivity index (χ1v) is 12.8. The molecule has 32 heavy (non-hydrogen) atoms. The Labute approximate surface area is 191 Å². The van der Waals surface area contributed by atoms with Crippen LogP contribution in [0.4, 0.5) is 0 Å². The molecular formula is C26H39O6-. The van der Waals surface area contributed by atoms with Crippen molar-refractivity contribution in [2.75, 3.05) is 13.2 Å². The van der Waals surface area contributed by atoms with Gasteiger partial charge in [0.05, 0.1) is 19.3 Å². The molecule has 5 aliphatic rings. The minimum Gasteiger partial charge on any atom is -0.550 e. The molecule has 5 rings (SSSR count). The van der Waals surface area contributed by atoms with Gasteiger partial charge in [-0.15, -0.1) is 0 Å². The molecule has 4 saturated carbocycles. The van der Waals surface area contributed by atoms with E-state index < -0.39 is 23.3 Å². The van der Waals surface area contributed by atoms with Crippen molar-refractivity contribution in [3.8, 4) is 0 Å². The Hall–Kier alpha value is -0.980. The highest BCUT2D eigenvalue weighted by atomic mass is 16.7. The predicted octanol–water partition coefficient (Wildman–Crippen LogP) is 2.70. The van der Waals surface area contributed by atoms with Gasteiger partial charge in [-0.05, 0) is 79.4 Å². The molecular weight excluding hydrogens is 408 g/mol. The number of carbonyl (C=O) groups excluding carboxylic acids is 2. The lowest BCUT2D eigenvalue weighted by atomic mass is 9.43. The van der Waals surface area contributed by atoms with Gasteiger partial charge in [-0.25, -0.2) is 0 Å². The van der Waals surface area contributed by atoms with Crippen LogP contribution in [0, 0.1) is 46.3 Å². The normalized spacial score (nSPS) is 48.2. The lowest BCUT2D eigenvalue weighted by Gasteiger charge is -2.62. The molecule has 0 unspecified atom stereocenters. The molecule has 5 fully saturated rings. The molecule has 0 aromatic rings. The molecule has 0 radical (unpaired) electrons. The summed E-state index contributed by atoms with van der Waals surface area (Å²) < 4.78 is 12.0. The highest BCUT2D eigenvalue weighted by Gasteiger charge is 2.67. The summed E-state index contributed by atoms with van der Waals surface area (Å²) in [6.45, 7) is 7.87. The number of aliphatic carboxylic acids is 1. The molecule has 6 nitrogen and oxygen atoms in total. The van der Waals surface area contributed by atoms with Gasteiger partial charge in [0.1, 0.15) is 5.78 Å². The van der Waals surface area contributed by atoms with Gasteiger partial charge in [-0.3, -0.25) is 4.79 Å². The van der Waals surface area contributed by atoms with Crippen LogP contribution in [0.5, 0.6) is 0 Å². The van der Waals surface area contributed by atoms with Crippen molar-refractivity contribution < 1.29 is 29.3 Å². The Bertz CT molecular complexity index is 774. The van der Waals surface area contributed by atoms with E-state index in [-0.39, 0.29) is 41.4 Å². The van der Waals surface area contributed by atoms with E-state index in [2.05, 4.69) is 20.8 Å². The number of ether oxygens (including phenoxy) is 2. The Morgan fingerprint density at radius 1 is 1.19 bits per heavy atom.